The highest BCUT2D eigenvalue weighted by molar-refractivity contribution is 5.94. The summed E-state index contributed by atoms with van der Waals surface area (Å²) < 4.78 is 28.8. The monoisotopic (exact) mass is 383 g/mol. The summed E-state index contributed by atoms with van der Waals surface area (Å²) in [6.07, 6.45) is 4.24. The molecule has 0 saturated carbocycles. The topological polar surface area (TPSA) is 63.9 Å². The third-order valence-corrected chi connectivity index (χ3v) is 4.87. The van der Waals surface area contributed by atoms with E-state index in [1.54, 1.807) is 11.1 Å². The van der Waals surface area contributed by atoms with Gasteiger partial charge in [-0.3, -0.25) is 4.79 Å². The van der Waals surface area contributed by atoms with Gasteiger partial charge in [-0.2, -0.15) is 0 Å². The van der Waals surface area contributed by atoms with Crippen LogP contribution in [0.15, 0.2) is 36.7 Å². The summed E-state index contributed by atoms with van der Waals surface area (Å²) in [4.78, 5) is 27.8. The highest BCUT2D eigenvalue weighted by Crippen LogP contribution is 2.28. The summed E-state index contributed by atoms with van der Waals surface area (Å²) in [6.45, 7) is 2.78. The average molecular weight is 383 g/mol. The van der Waals surface area contributed by atoms with Gasteiger partial charge in [0.15, 0.2) is 5.82 Å². The normalized spacial score (nSPS) is 16.6. The van der Waals surface area contributed by atoms with E-state index in [4.69, 9.17) is 0 Å². The molecule has 0 aliphatic carbocycles. The number of aromatic nitrogens is 4. The molecule has 1 atom stereocenters. The molecule has 4 rings (SSSR count). The molecule has 0 bridgehead atoms. The van der Waals surface area contributed by atoms with Crippen molar-refractivity contribution in [2.45, 2.75) is 19.3 Å². The summed E-state index contributed by atoms with van der Waals surface area (Å²) in [7, 11) is 1.90. The maximum absolute atomic E-state index is 13.4. The van der Waals surface area contributed by atoms with Crippen molar-refractivity contribution in [2.75, 3.05) is 13.1 Å². The maximum Gasteiger partial charge on any atom is 0.254 e. The van der Waals surface area contributed by atoms with Gasteiger partial charge in [0, 0.05) is 55.8 Å². The molecule has 8 heteroatoms. The van der Waals surface area contributed by atoms with Gasteiger partial charge >= 0.3 is 0 Å². The fourth-order valence-electron chi connectivity index (χ4n) is 3.52. The zero-order chi connectivity index (χ0) is 19.8. The van der Waals surface area contributed by atoms with E-state index in [1.165, 1.54) is 0 Å². The van der Waals surface area contributed by atoms with Crippen LogP contribution in [-0.4, -0.2) is 43.4 Å². The van der Waals surface area contributed by atoms with Gasteiger partial charge in [-0.1, -0.05) is 0 Å². The minimum absolute atomic E-state index is 0.0111. The molecule has 1 aromatic carbocycles. The molecule has 28 heavy (non-hydrogen) atoms. The van der Waals surface area contributed by atoms with Crippen molar-refractivity contribution in [3.63, 3.8) is 0 Å². The first kappa shape index (κ1) is 18.2. The van der Waals surface area contributed by atoms with Gasteiger partial charge in [0.25, 0.3) is 5.91 Å². The minimum Gasteiger partial charge on any atom is -0.338 e. The van der Waals surface area contributed by atoms with E-state index in [-0.39, 0.29) is 11.5 Å². The summed E-state index contributed by atoms with van der Waals surface area (Å²) in [6, 6.07) is 4.74. The van der Waals surface area contributed by atoms with E-state index in [0.29, 0.717) is 25.3 Å². The highest BCUT2D eigenvalue weighted by Gasteiger charge is 2.30. The van der Waals surface area contributed by atoms with Gasteiger partial charge in [0.05, 0.1) is 0 Å². The molecule has 1 fully saturated rings. The van der Waals surface area contributed by atoms with E-state index in [9.17, 15) is 13.6 Å². The molecule has 3 heterocycles. The van der Waals surface area contributed by atoms with E-state index in [0.717, 1.165) is 35.4 Å². The number of hydrogen-bond acceptors (Lipinski definition) is 4. The van der Waals surface area contributed by atoms with Crippen LogP contribution in [-0.2, 0) is 7.05 Å². The Morgan fingerprint density at radius 3 is 2.57 bits per heavy atom. The van der Waals surface area contributed by atoms with Crippen LogP contribution in [0.3, 0.4) is 0 Å². The van der Waals surface area contributed by atoms with Crippen molar-refractivity contribution in [3.05, 3.63) is 65.4 Å². The Morgan fingerprint density at radius 2 is 1.89 bits per heavy atom. The third-order valence-electron chi connectivity index (χ3n) is 4.87. The number of benzene rings is 1. The molecule has 2 aromatic heterocycles. The molecule has 0 radical (unpaired) electrons. The van der Waals surface area contributed by atoms with Gasteiger partial charge in [-0.15, -0.1) is 0 Å². The summed E-state index contributed by atoms with van der Waals surface area (Å²) in [5.41, 5.74) is 1.56. The van der Waals surface area contributed by atoms with Crippen LogP contribution in [0.25, 0.3) is 11.5 Å². The quantitative estimate of drug-likeness (QED) is 0.697. The standard InChI is InChI=1S/C20H19F2N5O/c1-12-7-17(19-23-4-6-26(19)2)25-18(24-12)13-3-5-27(11-13)20(28)14-8-15(21)10-16(22)9-14/h4,6-10,13H,3,5,11H2,1-2H3/t13-/m0/s1. The largest absolute Gasteiger partial charge is 0.338 e. The number of likely N-dealkylation sites (tertiary alicyclic amines) is 1. The van der Waals surface area contributed by atoms with E-state index >= 15 is 0 Å². The smallest absolute Gasteiger partial charge is 0.254 e. The second-order valence-electron chi connectivity index (χ2n) is 7.01. The van der Waals surface area contributed by atoms with Gasteiger partial charge in [-0.25, -0.2) is 23.7 Å². The zero-order valence-electron chi connectivity index (χ0n) is 15.6. The van der Waals surface area contributed by atoms with Crippen LogP contribution in [0.4, 0.5) is 8.78 Å². The second-order valence-corrected chi connectivity index (χ2v) is 7.01. The number of carbonyl (C=O) groups excluding carboxylic acids is 1. The molecule has 0 unspecified atom stereocenters. The van der Waals surface area contributed by atoms with Crippen molar-refractivity contribution in [1.29, 1.82) is 0 Å². The number of carbonyl (C=O) groups is 1. The van der Waals surface area contributed by atoms with Crippen LogP contribution >= 0.6 is 0 Å². The third kappa shape index (κ3) is 3.49. The lowest BCUT2D eigenvalue weighted by Gasteiger charge is -2.17. The zero-order valence-corrected chi connectivity index (χ0v) is 15.6. The predicted molar refractivity (Wildman–Crippen MR) is 98.6 cm³/mol. The van der Waals surface area contributed by atoms with Crippen molar-refractivity contribution in [3.8, 4) is 11.5 Å². The van der Waals surface area contributed by atoms with Crippen LogP contribution in [0.5, 0.6) is 0 Å². The predicted octanol–water partition coefficient (Wildman–Crippen LogP) is 3.09. The Hall–Kier alpha value is -3.16. The number of aryl methyl sites for hydroxylation is 2. The van der Waals surface area contributed by atoms with Crippen LogP contribution in [0.1, 0.15) is 34.2 Å². The molecular weight excluding hydrogens is 364 g/mol. The number of imidazole rings is 1. The Labute approximate surface area is 160 Å². The molecule has 144 valence electrons. The van der Waals surface area contributed by atoms with Crippen molar-refractivity contribution >= 4 is 5.91 Å². The number of nitrogens with zero attached hydrogens (tertiary/aromatic N) is 5. The molecular formula is C20H19F2N5O. The molecule has 1 aliphatic rings. The number of rotatable bonds is 3. The van der Waals surface area contributed by atoms with Crippen LogP contribution in [0, 0.1) is 18.6 Å². The van der Waals surface area contributed by atoms with Gasteiger partial charge in [0.1, 0.15) is 23.2 Å². The second kappa shape index (κ2) is 7.10. The molecule has 3 aromatic rings. The maximum atomic E-state index is 13.4. The van der Waals surface area contributed by atoms with Crippen LogP contribution in [0.2, 0.25) is 0 Å². The fraction of sp³-hybridized carbons (Fsp3) is 0.300. The van der Waals surface area contributed by atoms with E-state index in [2.05, 4.69) is 15.0 Å². The molecule has 1 amide bonds. The van der Waals surface area contributed by atoms with Crippen molar-refractivity contribution in [1.82, 2.24) is 24.4 Å². The van der Waals surface area contributed by atoms with Gasteiger partial charge < -0.3 is 9.47 Å². The molecule has 1 aliphatic heterocycles. The fourth-order valence-corrected chi connectivity index (χ4v) is 3.52. The van der Waals surface area contributed by atoms with E-state index in [1.807, 2.05) is 30.8 Å². The minimum atomic E-state index is -0.763. The molecule has 1 saturated heterocycles. The van der Waals surface area contributed by atoms with Crippen molar-refractivity contribution < 1.29 is 13.6 Å². The van der Waals surface area contributed by atoms with Crippen LogP contribution < -0.4 is 0 Å². The molecule has 6 nitrogen and oxygen atoms in total. The lowest BCUT2D eigenvalue weighted by molar-refractivity contribution is 0.0789. The Morgan fingerprint density at radius 1 is 1.14 bits per heavy atom. The van der Waals surface area contributed by atoms with Crippen molar-refractivity contribution in [2.24, 2.45) is 7.05 Å². The number of hydrogen-bond donors (Lipinski definition) is 0. The first-order chi connectivity index (χ1) is 13.4. The SMILES string of the molecule is Cc1cc(-c2nccn2C)nc([C@H]2CCN(C(=O)c3cc(F)cc(F)c3)C2)n1. The lowest BCUT2D eigenvalue weighted by Crippen LogP contribution is -2.28. The number of halogens is 2. The summed E-state index contributed by atoms with van der Waals surface area (Å²) >= 11 is 0. The summed E-state index contributed by atoms with van der Waals surface area (Å²) in [5, 5.41) is 0. The highest BCUT2D eigenvalue weighted by atomic mass is 19.1. The Bertz CT molecular complexity index is 1030. The molecule has 0 N–H and O–H groups in total. The van der Waals surface area contributed by atoms with E-state index < -0.39 is 17.5 Å². The lowest BCUT2D eigenvalue weighted by atomic mass is 10.1. The first-order valence-electron chi connectivity index (χ1n) is 8.99. The van der Waals surface area contributed by atoms with Gasteiger partial charge in [-0.05, 0) is 31.5 Å². The first-order valence-corrected chi connectivity index (χ1v) is 8.99. The Kier molecular flexibility index (Phi) is 4.62. The molecule has 0 spiro atoms. The van der Waals surface area contributed by atoms with Gasteiger partial charge in [0.2, 0.25) is 0 Å². The summed E-state index contributed by atoms with van der Waals surface area (Å²) in [5.74, 6) is -0.563. The average Bonchev–Trinajstić information content (AvgIpc) is 3.29. The Balaban J connectivity index is 1.57. The number of amides is 1.